The van der Waals surface area contributed by atoms with Gasteiger partial charge in [-0.3, -0.25) is 4.79 Å². The molecule has 2 N–H and O–H groups in total. The van der Waals surface area contributed by atoms with Crippen LogP contribution >= 0.6 is 11.3 Å². The molecule has 0 saturated carbocycles. The highest BCUT2D eigenvalue weighted by atomic mass is 32.1. The first-order chi connectivity index (χ1) is 9.65. The third kappa shape index (κ3) is 2.25. The summed E-state index contributed by atoms with van der Waals surface area (Å²) in [5, 5.41) is 0.629. The molecule has 5 nitrogen and oxygen atoms in total. The molecule has 0 aliphatic rings. The fourth-order valence-electron chi connectivity index (χ4n) is 1.98. The minimum absolute atomic E-state index is 0.400. The number of fused-ring (bicyclic) bond motifs is 1. The van der Waals surface area contributed by atoms with Gasteiger partial charge in [-0.1, -0.05) is 12.1 Å². The number of carbonyl (C=O) groups is 1. The van der Waals surface area contributed by atoms with Gasteiger partial charge in [0, 0.05) is 11.9 Å². The Morgan fingerprint density at radius 1 is 1.25 bits per heavy atom. The molecule has 100 valence electrons. The van der Waals surface area contributed by atoms with E-state index in [2.05, 4.69) is 15.0 Å². The molecule has 0 aliphatic heterocycles. The number of hydrogen-bond acceptors (Lipinski definition) is 5. The predicted molar refractivity (Wildman–Crippen MR) is 77.4 cm³/mol. The van der Waals surface area contributed by atoms with Crippen LogP contribution in [0.4, 0.5) is 0 Å². The van der Waals surface area contributed by atoms with Crippen molar-refractivity contribution in [2.75, 3.05) is 0 Å². The number of nitrogens with zero attached hydrogens (tertiary/aromatic N) is 3. The number of aryl methyl sites for hydroxylation is 1. The zero-order valence-corrected chi connectivity index (χ0v) is 11.6. The van der Waals surface area contributed by atoms with E-state index in [-0.39, 0.29) is 0 Å². The maximum absolute atomic E-state index is 11.8. The SMILES string of the molecule is Cc1ccnc(C(C(N)=O)c2nc3ccccc3s2)n1. The van der Waals surface area contributed by atoms with Crippen molar-refractivity contribution in [3.8, 4) is 0 Å². The van der Waals surface area contributed by atoms with Crippen LogP contribution in [0, 0.1) is 6.92 Å². The number of amides is 1. The normalized spacial score (nSPS) is 12.4. The van der Waals surface area contributed by atoms with E-state index in [0.717, 1.165) is 15.9 Å². The molecule has 0 bridgehead atoms. The van der Waals surface area contributed by atoms with Crippen LogP contribution in [0.3, 0.4) is 0 Å². The summed E-state index contributed by atoms with van der Waals surface area (Å²) in [7, 11) is 0. The van der Waals surface area contributed by atoms with Crippen LogP contribution < -0.4 is 5.73 Å². The molecule has 1 unspecified atom stereocenters. The molecule has 6 heteroatoms. The Labute approximate surface area is 119 Å². The predicted octanol–water partition coefficient (Wildman–Crippen LogP) is 2.01. The molecular weight excluding hydrogens is 272 g/mol. The highest BCUT2D eigenvalue weighted by Crippen LogP contribution is 2.30. The second kappa shape index (κ2) is 4.97. The lowest BCUT2D eigenvalue weighted by Gasteiger charge is -2.08. The zero-order valence-electron chi connectivity index (χ0n) is 10.8. The lowest BCUT2D eigenvalue weighted by Crippen LogP contribution is -2.24. The molecule has 0 spiro atoms. The maximum atomic E-state index is 11.8. The molecular formula is C14H12N4OS. The number of nitrogens with two attached hydrogens (primary N) is 1. The van der Waals surface area contributed by atoms with Crippen LogP contribution in [-0.4, -0.2) is 20.9 Å². The highest BCUT2D eigenvalue weighted by Gasteiger charge is 2.26. The summed E-state index contributed by atoms with van der Waals surface area (Å²) in [6.45, 7) is 1.85. The molecule has 0 radical (unpaired) electrons. The van der Waals surface area contributed by atoms with Crippen molar-refractivity contribution in [1.82, 2.24) is 15.0 Å². The summed E-state index contributed by atoms with van der Waals surface area (Å²) < 4.78 is 1.02. The van der Waals surface area contributed by atoms with Crippen LogP contribution in [0.5, 0.6) is 0 Å². The van der Waals surface area contributed by atoms with Gasteiger partial charge in [-0.25, -0.2) is 15.0 Å². The number of primary amides is 1. The first-order valence-electron chi connectivity index (χ1n) is 6.09. The fourth-order valence-corrected chi connectivity index (χ4v) is 3.05. The first-order valence-corrected chi connectivity index (χ1v) is 6.91. The van der Waals surface area contributed by atoms with Crippen molar-refractivity contribution in [2.24, 2.45) is 5.73 Å². The van der Waals surface area contributed by atoms with Crippen LogP contribution in [0.2, 0.25) is 0 Å². The number of para-hydroxylation sites is 1. The first kappa shape index (κ1) is 12.7. The minimum atomic E-state index is -0.702. The highest BCUT2D eigenvalue weighted by molar-refractivity contribution is 7.18. The van der Waals surface area contributed by atoms with E-state index in [4.69, 9.17) is 5.73 Å². The largest absolute Gasteiger partial charge is 0.369 e. The van der Waals surface area contributed by atoms with Crippen molar-refractivity contribution in [2.45, 2.75) is 12.8 Å². The van der Waals surface area contributed by atoms with E-state index in [1.165, 1.54) is 11.3 Å². The van der Waals surface area contributed by atoms with Gasteiger partial charge in [-0.2, -0.15) is 0 Å². The van der Waals surface area contributed by atoms with Crippen molar-refractivity contribution in [3.05, 3.63) is 53.1 Å². The molecule has 3 rings (SSSR count). The second-order valence-corrected chi connectivity index (χ2v) is 5.47. The average molecular weight is 284 g/mol. The minimum Gasteiger partial charge on any atom is -0.369 e. The summed E-state index contributed by atoms with van der Waals surface area (Å²) in [5.74, 6) is -0.793. The lowest BCUT2D eigenvalue weighted by atomic mass is 10.1. The van der Waals surface area contributed by atoms with Gasteiger partial charge in [-0.15, -0.1) is 11.3 Å². The summed E-state index contributed by atoms with van der Waals surface area (Å²) >= 11 is 1.44. The Balaban J connectivity index is 2.13. The van der Waals surface area contributed by atoms with Gasteiger partial charge in [-0.05, 0) is 25.1 Å². The van der Waals surface area contributed by atoms with Gasteiger partial charge in [0.25, 0.3) is 0 Å². The number of thiazole rings is 1. The molecule has 0 saturated heterocycles. The number of benzene rings is 1. The van der Waals surface area contributed by atoms with Crippen LogP contribution in [0.25, 0.3) is 10.2 Å². The number of carbonyl (C=O) groups excluding carboxylic acids is 1. The summed E-state index contributed by atoms with van der Waals surface area (Å²) in [6, 6.07) is 9.50. The number of aromatic nitrogens is 3. The Morgan fingerprint density at radius 2 is 2.05 bits per heavy atom. The fraction of sp³-hybridized carbons (Fsp3) is 0.143. The van der Waals surface area contributed by atoms with E-state index in [1.807, 2.05) is 31.2 Å². The van der Waals surface area contributed by atoms with Crippen LogP contribution in [0.1, 0.15) is 22.4 Å². The van der Waals surface area contributed by atoms with Crippen molar-refractivity contribution in [3.63, 3.8) is 0 Å². The molecule has 0 aliphatic carbocycles. The van der Waals surface area contributed by atoms with Gasteiger partial charge in [0.2, 0.25) is 5.91 Å². The summed E-state index contributed by atoms with van der Waals surface area (Å²) in [6.07, 6.45) is 1.63. The molecule has 3 aromatic rings. The second-order valence-electron chi connectivity index (χ2n) is 4.41. The van der Waals surface area contributed by atoms with E-state index in [0.29, 0.717) is 10.8 Å². The number of hydrogen-bond donors (Lipinski definition) is 1. The van der Waals surface area contributed by atoms with Crippen LogP contribution in [-0.2, 0) is 4.79 Å². The molecule has 0 fully saturated rings. The van der Waals surface area contributed by atoms with E-state index >= 15 is 0 Å². The van der Waals surface area contributed by atoms with Gasteiger partial charge in [0.15, 0.2) is 0 Å². The maximum Gasteiger partial charge on any atom is 0.235 e. The third-order valence-corrected chi connectivity index (χ3v) is 4.01. The Kier molecular flexibility index (Phi) is 3.15. The summed E-state index contributed by atoms with van der Waals surface area (Å²) in [4.78, 5) is 24.7. The zero-order chi connectivity index (χ0) is 14.1. The van der Waals surface area contributed by atoms with Crippen LogP contribution in [0.15, 0.2) is 36.5 Å². The average Bonchev–Trinajstić information content (AvgIpc) is 2.81. The van der Waals surface area contributed by atoms with E-state index < -0.39 is 11.8 Å². The van der Waals surface area contributed by atoms with Gasteiger partial charge in [0.1, 0.15) is 16.7 Å². The smallest absolute Gasteiger partial charge is 0.235 e. The monoisotopic (exact) mass is 284 g/mol. The standard InChI is InChI=1S/C14H12N4OS/c1-8-6-7-16-13(17-8)11(12(15)19)14-18-9-4-2-3-5-10(9)20-14/h2-7,11H,1H3,(H2,15,19). The van der Waals surface area contributed by atoms with Gasteiger partial charge < -0.3 is 5.73 Å². The Bertz CT molecular complexity index is 750. The Morgan fingerprint density at radius 3 is 2.75 bits per heavy atom. The van der Waals surface area contributed by atoms with Crippen molar-refractivity contribution < 1.29 is 4.79 Å². The summed E-state index contributed by atoms with van der Waals surface area (Å²) in [5.41, 5.74) is 7.17. The number of rotatable bonds is 3. The van der Waals surface area contributed by atoms with Gasteiger partial charge >= 0.3 is 0 Å². The Hall–Kier alpha value is -2.34. The molecule has 1 amide bonds. The van der Waals surface area contributed by atoms with E-state index in [1.54, 1.807) is 12.3 Å². The van der Waals surface area contributed by atoms with Crippen molar-refractivity contribution in [1.29, 1.82) is 0 Å². The molecule has 1 atom stereocenters. The molecule has 2 aromatic heterocycles. The quantitative estimate of drug-likeness (QED) is 0.797. The molecule has 20 heavy (non-hydrogen) atoms. The molecule has 2 heterocycles. The van der Waals surface area contributed by atoms with E-state index in [9.17, 15) is 4.79 Å². The third-order valence-electron chi connectivity index (χ3n) is 2.91. The van der Waals surface area contributed by atoms with Gasteiger partial charge in [0.05, 0.1) is 10.2 Å². The molecule has 1 aromatic carbocycles. The van der Waals surface area contributed by atoms with Crippen molar-refractivity contribution >= 4 is 27.5 Å². The lowest BCUT2D eigenvalue weighted by molar-refractivity contribution is -0.118. The topological polar surface area (TPSA) is 81.8 Å².